The Balaban J connectivity index is 1.31. The Labute approximate surface area is 315 Å². The number of hydrogen-bond donors (Lipinski definition) is 3. The Morgan fingerprint density at radius 3 is 2.22 bits per heavy atom. The molecule has 2 fully saturated rings. The molecule has 2 amide bonds. The van der Waals surface area contributed by atoms with Gasteiger partial charge < -0.3 is 30.1 Å². The van der Waals surface area contributed by atoms with Crippen molar-refractivity contribution in [1.29, 1.82) is 0 Å². The first-order chi connectivity index (χ1) is 25.5. The summed E-state index contributed by atoms with van der Waals surface area (Å²) in [4.78, 5) is 64.8. The minimum absolute atomic E-state index is 0.0344. The van der Waals surface area contributed by atoms with Gasteiger partial charge in [0, 0.05) is 23.6 Å². The molecule has 1 aliphatic carbocycles. The van der Waals surface area contributed by atoms with Crippen molar-refractivity contribution in [3.05, 3.63) is 97.1 Å². The average molecular weight is 734 g/mol. The molecule has 282 valence electrons. The molecule has 2 heterocycles. The van der Waals surface area contributed by atoms with Crippen molar-refractivity contribution in [2.75, 3.05) is 11.9 Å². The van der Waals surface area contributed by atoms with Crippen molar-refractivity contribution in [3.63, 3.8) is 0 Å². The summed E-state index contributed by atoms with van der Waals surface area (Å²) in [5, 5.41) is 16.8. The van der Waals surface area contributed by atoms with Crippen LogP contribution in [0.2, 0.25) is 0 Å². The van der Waals surface area contributed by atoms with Crippen molar-refractivity contribution in [1.82, 2.24) is 20.2 Å². The van der Waals surface area contributed by atoms with Crippen LogP contribution in [0.15, 0.2) is 91.5 Å². The molecule has 3 N–H and O–H groups in total. The lowest BCUT2D eigenvalue weighted by atomic mass is 9.85. The number of carbonyl (C=O) groups excluding carboxylic acids is 3. The lowest BCUT2D eigenvalue weighted by molar-refractivity contribution is -0.145. The fourth-order valence-corrected chi connectivity index (χ4v) is 6.73. The molecule has 4 aromatic rings. The fraction of sp³-hybridized carbons (Fsp3) is 0.381. The Morgan fingerprint density at radius 1 is 0.944 bits per heavy atom. The molecule has 1 aromatic heterocycles. The molecule has 1 saturated heterocycles. The third-order valence-corrected chi connectivity index (χ3v) is 9.70. The standard InChI is InChI=1S/C42H47N5O7/c1-8-27-23-42(27,39(51)52)46-35(48)32-22-29(53-36-30-16-12-13-17-31(30)44-34(45-36)25-14-10-9-11-15-25)24-47(32)37(49)33(40(2,3)4)43-28-20-18-26(19-21-28)38(50)54-41(5,6)7/h8-21,27,29,32-33,43H,1,22-24H2,2-7H3,(H,46,48)(H,51,52). The number of benzene rings is 3. The molecule has 0 bridgehead atoms. The SMILES string of the molecule is C=CC1CC1(NC(=O)C1CC(Oc2nc(-c3ccccc3)nc3ccccc23)CN1C(=O)C(Nc1ccc(C(=O)OC(C)(C)C)cc1)C(C)(C)C)C(=O)O. The van der Waals surface area contributed by atoms with Crippen LogP contribution in [0.5, 0.6) is 5.88 Å². The summed E-state index contributed by atoms with van der Waals surface area (Å²) in [6.45, 7) is 14.9. The predicted molar refractivity (Wildman–Crippen MR) is 205 cm³/mol. The normalized spacial score (nSPS) is 21.5. The second kappa shape index (κ2) is 14.6. The van der Waals surface area contributed by atoms with Crippen LogP contribution in [0.1, 0.15) is 64.7 Å². The second-order valence-electron chi connectivity index (χ2n) is 16.1. The first-order valence-electron chi connectivity index (χ1n) is 18.1. The van der Waals surface area contributed by atoms with Crippen molar-refractivity contribution < 1.29 is 33.8 Å². The Morgan fingerprint density at radius 2 is 1.61 bits per heavy atom. The topological polar surface area (TPSA) is 160 Å². The molecule has 0 spiro atoms. The van der Waals surface area contributed by atoms with E-state index in [9.17, 15) is 24.3 Å². The predicted octanol–water partition coefficient (Wildman–Crippen LogP) is 6.27. The van der Waals surface area contributed by atoms with Gasteiger partial charge in [0.15, 0.2) is 5.82 Å². The number of carboxylic acids is 1. The van der Waals surface area contributed by atoms with Gasteiger partial charge in [-0.1, -0.05) is 69.3 Å². The number of nitrogens with one attached hydrogen (secondary N) is 2. The number of ether oxygens (including phenoxy) is 2. The summed E-state index contributed by atoms with van der Waals surface area (Å²) < 4.78 is 12.1. The van der Waals surface area contributed by atoms with E-state index in [1.807, 2.05) is 75.4 Å². The molecule has 5 atom stereocenters. The maximum atomic E-state index is 14.7. The monoisotopic (exact) mass is 733 g/mol. The van der Waals surface area contributed by atoms with E-state index in [0.29, 0.717) is 33.9 Å². The van der Waals surface area contributed by atoms with Crippen molar-refractivity contribution >= 4 is 40.3 Å². The molecule has 12 nitrogen and oxygen atoms in total. The van der Waals surface area contributed by atoms with E-state index in [0.717, 1.165) is 5.56 Å². The molecule has 2 aliphatic rings. The van der Waals surface area contributed by atoms with E-state index < -0.39 is 58.5 Å². The average Bonchev–Trinajstić information content (AvgIpc) is 3.69. The van der Waals surface area contributed by atoms with Crippen molar-refractivity contribution in [2.45, 2.75) is 83.7 Å². The quantitative estimate of drug-likeness (QED) is 0.118. The first-order valence-corrected chi connectivity index (χ1v) is 18.1. The molecule has 12 heteroatoms. The van der Waals surface area contributed by atoms with Crippen LogP contribution in [0.3, 0.4) is 0 Å². The zero-order valence-electron chi connectivity index (χ0n) is 31.5. The lowest BCUT2D eigenvalue weighted by Gasteiger charge is -2.36. The van der Waals surface area contributed by atoms with Gasteiger partial charge in [-0.05, 0) is 69.0 Å². The largest absolute Gasteiger partial charge is 0.479 e. The van der Waals surface area contributed by atoms with Gasteiger partial charge in [-0.2, -0.15) is 4.98 Å². The van der Waals surface area contributed by atoms with E-state index >= 15 is 0 Å². The zero-order valence-corrected chi connectivity index (χ0v) is 31.5. The molecular weight excluding hydrogens is 686 g/mol. The van der Waals surface area contributed by atoms with E-state index in [2.05, 4.69) is 17.2 Å². The van der Waals surface area contributed by atoms with Gasteiger partial charge in [0.25, 0.3) is 0 Å². The fourth-order valence-electron chi connectivity index (χ4n) is 6.73. The highest BCUT2D eigenvalue weighted by Crippen LogP contribution is 2.45. The Bertz CT molecular complexity index is 2070. The van der Waals surface area contributed by atoms with Crippen molar-refractivity contribution in [2.24, 2.45) is 11.3 Å². The third kappa shape index (κ3) is 8.07. The summed E-state index contributed by atoms with van der Waals surface area (Å²) >= 11 is 0. The van der Waals surface area contributed by atoms with Crippen LogP contribution in [-0.4, -0.2) is 79.6 Å². The van der Waals surface area contributed by atoms with Gasteiger partial charge >= 0.3 is 11.9 Å². The molecule has 54 heavy (non-hydrogen) atoms. The summed E-state index contributed by atoms with van der Waals surface area (Å²) in [7, 11) is 0. The minimum atomic E-state index is -1.49. The minimum Gasteiger partial charge on any atom is -0.479 e. The number of para-hydroxylation sites is 1. The van der Waals surface area contributed by atoms with E-state index in [1.165, 1.54) is 11.0 Å². The highest BCUT2D eigenvalue weighted by Gasteiger charge is 2.61. The number of carboxylic acid groups (broad SMARTS) is 1. The third-order valence-electron chi connectivity index (χ3n) is 9.70. The Hall–Kier alpha value is -5.78. The maximum Gasteiger partial charge on any atom is 0.338 e. The zero-order chi connectivity index (χ0) is 39.0. The highest BCUT2D eigenvalue weighted by molar-refractivity contribution is 5.96. The van der Waals surface area contributed by atoms with E-state index in [-0.39, 0.29) is 25.3 Å². The number of fused-ring (bicyclic) bond motifs is 1. The Kier molecular flexibility index (Phi) is 10.2. The molecule has 1 saturated carbocycles. The summed E-state index contributed by atoms with van der Waals surface area (Å²) in [5.41, 5.74) is -0.377. The summed E-state index contributed by atoms with van der Waals surface area (Å²) in [6.07, 6.45) is 1.15. The molecular formula is C42H47N5O7. The van der Waals surface area contributed by atoms with Crippen molar-refractivity contribution in [3.8, 4) is 17.3 Å². The number of rotatable bonds is 11. The number of esters is 1. The van der Waals surface area contributed by atoms with Gasteiger partial charge in [0.2, 0.25) is 17.7 Å². The van der Waals surface area contributed by atoms with E-state index in [4.69, 9.17) is 19.4 Å². The number of aromatic nitrogens is 2. The maximum absolute atomic E-state index is 14.7. The number of nitrogens with zero attached hydrogens (tertiary/aromatic N) is 3. The van der Waals surface area contributed by atoms with Crippen LogP contribution in [0.25, 0.3) is 22.3 Å². The van der Waals surface area contributed by atoms with Gasteiger partial charge in [0.05, 0.1) is 23.0 Å². The molecule has 1 aliphatic heterocycles. The smallest absolute Gasteiger partial charge is 0.338 e. The summed E-state index contributed by atoms with van der Waals surface area (Å²) in [6, 6.07) is 21.7. The van der Waals surface area contributed by atoms with Gasteiger partial charge in [-0.15, -0.1) is 6.58 Å². The lowest BCUT2D eigenvalue weighted by Crippen LogP contribution is -2.56. The van der Waals surface area contributed by atoms with Crippen LogP contribution in [0, 0.1) is 11.3 Å². The molecule has 0 radical (unpaired) electrons. The number of hydrogen-bond acceptors (Lipinski definition) is 9. The van der Waals surface area contributed by atoms with Crippen LogP contribution in [-0.2, 0) is 19.1 Å². The number of anilines is 1. The highest BCUT2D eigenvalue weighted by atomic mass is 16.6. The van der Waals surface area contributed by atoms with Gasteiger partial charge in [-0.25, -0.2) is 14.6 Å². The molecule has 3 aromatic carbocycles. The number of amides is 2. The molecule has 5 unspecified atom stereocenters. The number of carbonyl (C=O) groups is 4. The van der Waals surface area contributed by atoms with Crippen LogP contribution < -0.4 is 15.4 Å². The summed E-state index contributed by atoms with van der Waals surface area (Å²) in [5.74, 6) is -2.25. The molecule has 6 rings (SSSR count). The number of aliphatic carboxylic acids is 1. The van der Waals surface area contributed by atoms with Gasteiger partial charge in [0.1, 0.15) is 29.3 Å². The van der Waals surface area contributed by atoms with Gasteiger partial charge in [-0.3, -0.25) is 9.59 Å². The number of likely N-dealkylation sites (tertiary alicyclic amines) is 1. The van der Waals surface area contributed by atoms with Crippen LogP contribution in [0.4, 0.5) is 5.69 Å². The second-order valence-corrected chi connectivity index (χ2v) is 16.1. The van der Waals surface area contributed by atoms with E-state index in [1.54, 1.807) is 45.0 Å². The first kappa shape index (κ1) is 38.0. The van der Waals surface area contributed by atoms with Crippen LogP contribution >= 0.6 is 0 Å².